The van der Waals surface area contributed by atoms with Gasteiger partial charge >= 0.3 is 11.2 Å². The summed E-state index contributed by atoms with van der Waals surface area (Å²) < 4.78 is 41.8. The Morgan fingerprint density at radius 1 is 1.43 bits per heavy atom. The summed E-state index contributed by atoms with van der Waals surface area (Å²) >= 11 is -0.218. The normalized spacial score (nSPS) is 11.6. The third kappa shape index (κ3) is 5.34. The summed E-state index contributed by atoms with van der Waals surface area (Å²) in [4.78, 5) is 25.2. The number of alkyl halides is 3. The molecule has 0 radical (unpaired) electrons. The maximum absolute atomic E-state index is 12.0. The zero-order valence-corrected chi connectivity index (χ0v) is 11.9. The van der Waals surface area contributed by atoms with E-state index in [0.29, 0.717) is 0 Å². The summed E-state index contributed by atoms with van der Waals surface area (Å²) in [6.45, 7) is 0.184. The lowest BCUT2D eigenvalue weighted by molar-refractivity contribution is -0.0327. The number of anilines is 2. The number of thioether (sulfide) groups is 1. The van der Waals surface area contributed by atoms with E-state index >= 15 is 0 Å². The average molecular weight is 328 g/mol. The van der Waals surface area contributed by atoms with Crippen LogP contribution < -0.4 is 22.3 Å². The Morgan fingerprint density at radius 2 is 2.10 bits per heavy atom. The first-order valence-electron chi connectivity index (χ1n) is 5.82. The van der Waals surface area contributed by atoms with Crippen LogP contribution in [0.25, 0.3) is 0 Å². The summed E-state index contributed by atoms with van der Waals surface area (Å²) in [6, 6.07) is 0. The monoisotopic (exact) mass is 328 g/mol. The number of nitrogens with two attached hydrogens (primary N) is 1. The SMILES string of the molecule is COCCn1c(N)c(NCCSC(F)(F)F)c(=O)[nH]c1=O. The lowest BCUT2D eigenvalue weighted by atomic mass is 10.4. The van der Waals surface area contributed by atoms with E-state index in [0.717, 1.165) is 4.57 Å². The predicted octanol–water partition coefficient (Wildman–Crippen LogP) is 0.430. The molecule has 0 fully saturated rings. The first-order valence-corrected chi connectivity index (χ1v) is 6.81. The van der Waals surface area contributed by atoms with E-state index < -0.39 is 16.8 Å². The molecule has 0 aliphatic heterocycles. The standard InChI is InChI=1S/C10H15F3N4O3S/c1-20-4-3-17-7(14)6(8(18)16-9(17)19)15-2-5-21-10(11,12)13/h15H,2-5,14H2,1H3,(H,16,18,19). The molecule has 0 unspecified atom stereocenters. The fourth-order valence-electron chi connectivity index (χ4n) is 1.51. The van der Waals surface area contributed by atoms with Gasteiger partial charge in [-0.3, -0.25) is 14.3 Å². The highest BCUT2D eigenvalue weighted by molar-refractivity contribution is 8.00. The van der Waals surface area contributed by atoms with Gasteiger partial charge in [0.1, 0.15) is 11.5 Å². The van der Waals surface area contributed by atoms with E-state index in [9.17, 15) is 22.8 Å². The summed E-state index contributed by atoms with van der Waals surface area (Å²) in [5, 5.41) is 2.51. The highest BCUT2D eigenvalue weighted by Crippen LogP contribution is 2.29. The van der Waals surface area contributed by atoms with Crippen molar-refractivity contribution in [3.05, 3.63) is 20.8 Å². The number of aromatic amines is 1. The van der Waals surface area contributed by atoms with Crippen LogP contribution in [0.5, 0.6) is 0 Å². The quantitative estimate of drug-likeness (QED) is 0.628. The Labute approximate surface area is 121 Å². The van der Waals surface area contributed by atoms with Crippen LogP contribution in [0.2, 0.25) is 0 Å². The first-order chi connectivity index (χ1) is 9.76. The molecular weight excluding hydrogens is 313 g/mol. The van der Waals surface area contributed by atoms with E-state index in [1.807, 2.05) is 4.98 Å². The summed E-state index contributed by atoms with van der Waals surface area (Å²) in [5.41, 5.74) is -0.257. The molecule has 1 aromatic rings. The van der Waals surface area contributed by atoms with Crippen LogP contribution >= 0.6 is 11.8 Å². The zero-order valence-electron chi connectivity index (χ0n) is 11.1. The number of H-pyrrole nitrogens is 1. The van der Waals surface area contributed by atoms with Crippen LogP contribution in [-0.2, 0) is 11.3 Å². The van der Waals surface area contributed by atoms with Gasteiger partial charge in [-0.25, -0.2) is 4.79 Å². The number of rotatable bonds is 7. The smallest absolute Gasteiger partial charge is 0.383 e. The zero-order chi connectivity index (χ0) is 16.0. The van der Waals surface area contributed by atoms with Gasteiger partial charge in [0.25, 0.3) is 5.56 Å². The summed E-state index contributed by atoms with van der Waals surface area (Å²) in [5.74, 6) is -0.433. The number of aromatic nitrogens is 2. The fraction of sp³-hybridized carbons (Fsp3) is 0.600. The third-order valence-corrected chi connectivity index (χ3v) is 3.16. The van der Waals surface area contributed by atoms with Crippen molar-refractivity contribution in [3.63, 3.8) is 0 Å². The second kappa shape index (κ2) is 7.41. The Bertz CT molecular complexity index is 584. The van der Waals surface area contributed by atoms with Crippen LogP contribution in [0.1, 0.15) is 0 Å². The van der Waals surface area contributed by atoms with Gasteiger partial charge in [0.05, 0.1) is 13.2 Å². The van der Waals surface area contributed by atoms with Gasteiger partial charge in [-0.1, -0.05) is 0 Å². The average Bonchev–Trinajstić information content (AvgIpc) is 2.36. The molecule has 0 aliphatic carbocycles. The molecule has 1 aromatic heterocycles. The first kappa shape index (κ1) is 17.4. The van der Waals surface area contributed by atoms with E-state index in [1.54, 1.807) is 0 Å². The van der Waals surface area contributed by atoms with Crippen LogP contribution in [0.15, 0.2) is 9.59 Å². The number of nitrogens with one attached hydrogen (secondary N) is 2. The molecule has 0 bridgehead atoms. The number of hydrogen-bond donors (Lipinski definition) is 3. The second-order valence-electron chi connectivity index (χ2n) is 3.88. The molecule has 21 heavy (non-hydrogen) atoms. The minimum atomic E-state index is -4.34. The minimum absolute atomic E-state index is 0.115. The number of nitrogen functional groups attached to an aromatic ring is 1. The number of halogens is 3. The van der Waals surface area contributed by atoms with Crippen molar-refractivity contribution in [2.45, 2.75) is 12.1 Å². The molecule has 1 rings (SSSR count). The second-order valence-corrected chi connectivity index (χ2v) is 5.04. The topological polar surface area (TPSA) is 102 Å². The van der Waals surface area contributed by atoms with E-state index in [2.05, 4.69) is 5.32 Å². The molecule has 0 saturated carbocycles. The van der Waals surface area contributed by atoms with Crippen molar-refractivity contribution >= 4 is 23.3 Å². The molecule has 11 heteroatoms. The summed E-state index contributed by atoms with van der Waals surface area (Å²) in [6.07, 6.45) is 0. The van der Waals surface area contributed by atoms with Gasteiger partial charge in [0.15, 0.2) is 0 Å². The van der Waals surface area contributed by atoms with Crippen molar-refractivity contribution in [1.82, 2.24) is 9.55 Å². The summed E-state index contributed by atoms with van der Waals surface area (Å²) in [7, 11) is 1.43. The molecule has 4 N–H and O–H groups in total. The van der Waals surface area contributed by atoms with Crippen molar-refractivity contribution < 1.29 is 17.9 Å². The van der Waals surface area contributed by atoms with Gasteiger partial charge in [0.2, 0.25) is 0 Å². The molecule has 0 amide bonds. The van der Waals surface area contributed by atoms with Crippen molar-refractivity contribution in [2.24, 2.45) is 0 Å². The van der Waals surface area contributed by atoms with Gasteiger partial charge in [-0.15, -0.1) is 0 Å². The van der Waals surface area contributed by atoms with Crippen LogP contribution in [-0.4, -0.2) is 41.1 Å². The predicted molar refractivity (Wildman–Crippen MR) is 74.6 cm³/mol. The van der Waals surface area contributed by atoms with Gasteiger partial charge in [-0.2, -0.15) is 13.2 Å². The van der Waals surface area contributed by atoms with E-state index in [-0.39, 0.29) is 48.7 Å². The Balaban J connectivity index is 2.82. The highest BCUT2D eigenvalue weighted by Gasteiger charge is 2.27. The number of ether oxygens (including phenoxy) is 1. The van der Waals surface area contributed by atoms with Crippen molar-refractivity contribution in [3.8, 4) is 0 Å². The number of nitrogens with zero attached hydrogens (tertiary/aromatic N) is 1. The number of methoxy groups -OCH3 is 1. The molecule has 0 aliphatic rings. The largest absolute Gasteiger partial charge is 0.441 e. The Hall–Kier alpha value is -1.62. The van der Waals surface area contributed by atoms with Crippen LogP contribution in [0.3, 0.4) is 0 Å². The lowest BCUT2D eigenvalue weighted by Crippen LogP contribution is -2.35. The Morgan fingerprint density at radius 3 is 2.67 bits per heavy atom. The number of hydrogen-bond acceptors (Lipinski definition) is 6. The molecule has 0 spiro atoms. The van der Waals surface area contributed by atoms with E-state index in [1.165, 1.54) is 7.11 Å². The van der Waals surface area contributed by atoms with E-state index in [4.69, 9.17) is 10.5 Å². The molecule has 1 heterocycles. The lowest BCUT2D eigenvalue weighted by Gasteiger charge is -2.13. The molecule has 0 aromatic carbocycles. The van der Waals surface area contributed by atoms with Gasteiger partial charge in [0, 0.05) is 19.4 Å². The molecule has 120 valence electrons. The van der Waals surface area contributed by atoms with Gasteiger partial charge < -0.3 is 15.8 Å². The molecule has 7 nitrogen and oxygen atoms in total. The molecule has 0 atom stereocenters. The van der Waals surface area contributed by atoms with Crippen LogP contribution in [0.4, 0.5) is 24.7 Å². The third-order valence-electron chi connectivity index (χ3n) is 2.43. The Kier molecular flexibility index (Phi) is 6.15. The minimum Gasteiger partial charge on any atom is -0.383 e. The highest BCUT2D eigenvalue weighted by atomic mass is 32.2. The van der Waals surface area contributed by atoms with Crippen molar-refractivity contribution in [1.29, 1.82) is 0 Å². The molecule has 0 saturated heterocycles. The van der Waals surface area contributed by atoms with Crippen LogP contribution in [0, 0.1) is 0 Å². The fourth-order valence-corrected chi connectivity index (χ4v) is 1.94. The molecular formula is C10H15F3N4O3S. The van der Waals surface area contributed by atoms with Gasteiger partial charge in [-0.05, 0) is 11.8 Å². The van der Waals surface area contributed by atoms with Crippen molar-refractivity contribution in [2.75, 3.05) is 37.1 Å². The maximum atomic E-state index is 12.0. The maximum Gasteiger partial charge on any atom is 0.441 e.